The van der Waals surface area contributed by atoms with Gasteiger partial charge in [-0.15, -0.1) is 0 Å². The lowest BCUT2D eigenvalue weighted by molar-refractivity contribution is -0.142. The third kappa shape index (κ3) is 1.74. The molecule has 1 aliphatic rings. The van der Waals surface area contributed by atoms with Crippen LogP contribution >= 0.6 is 0 Å². The zero-order valence-electron chi connectivity index (χ0n) is 7.89. The number of carbonyl (C=O) groups excluding carboxylic acids is 3. The van der Waals surface area contributed by atoms with E-state index >= 15 is 0 Å². The highest BCUT2D eigenvalue weighted by atomic mass is 16.3. The Morgan fingerprint density at radius 3 is 2.21 bits per heavy atom. The van der Waals surface area contributed by atoms with Crippen LogP contribution in [0.25, 0.3) is 0 Å². The first kappa shape index (κ1) is 10.6. The zero-order chi connectivity index (χ0) is 10.7. The Morgan fingerprint density at radius 1 is 1.14 bits per heavy atom. The summed E-state index contributed by atoms with van der Waals surface area (Å²) >= 11 is 0. The third-order valence-electron chi connectivity index (χ3n) is 2.04. The summed E-state index contributed by atoms with van der Waals surface area (Å²) in [6.45, 7) is 0.203. The second kappa shape index (κ2) is 4.19. The van der Waals surface area contributed by atoms with Crippen molar-refractivity contribution in [3.63, 3.8) is 0 Å². The van der Waals surface area contributed by atoms with Gasteiger partial charge in [0.15, 0.2) is 0 Å². The van der Waals surface area contributed by atoms with Gasteiger partial charge >= 0.3 is 17.8 Å². The molecule has 0 aromatic heterocycles. The topological polar surface area (TPSA) is 77.9 Å². The minimum atomic E-state index is -0.793. The molecule has 78 valence electrons. The maximum Gasteiger partial charge on any atom is 0.333 e. The molecule has 0 bridgehead atoms. The summed E-state index contributed by atoms with van der Waals surface area (Å²) in [7, 11) is 1.27. The van der Waals surface area contributed by atoms with Gasteiger partial charge in [-0.3, -0.25) is 19.4 Å². The van der Waals surface area contributed by atoms with Crippen molar-refractivity contribution >= 4 is 17.8 Å². The Balaban J connectivity index is 2.57. The number of aliphatic hydroxyl groups excluding tert-OH is 1. The summed E-state index contributed by atoms with van der Waals surface area (Å²) in [5.74, 6) is -1.57. The molecule has 1 fully saturated rings. The molecule has 0 aromatic carbocycles. The third-order valence-corrected chi connectivity index (χ3v) is 2.04. The van der Waals surface area contributed by atoms with Gasteiger partial charge in [-0.25, -0.2) is 4.79 Å². The summed E-state index contributed by atoms with van der Waals surface area (Å²) in [6, 6.07) is -0.585. The Morgan fingerprint density at radius 2 is 1.79 bits per heavy atom. The van der Waals surface area contributed by atoms with Crippen molar-refractivity contribution in [3.8, 4) is 0 Å². The molecule has 1 saturated heterocycles. The molecule has 0 aliphatic carbocycles. The number of aliphatic hydroxyl groups is 1. The molecule has 0 spiro atoms. The minimum Gasteiger partial charge on any atom is -0.396 e. The molecule has 1 heterocycles. The molecule has 6 heteroatoms. The van der Waals surface area contributed by atoms with Gasteiger partial charge in [0, 0.05) is 20.2 Å². The average Bonchev–Trinajstić information content (AvgIpc) is 2.35. The van der Waals surface area contributed by atoms with Crippen LogP contribution in [0.1, 0.15) is 12.8 Å². The van der Waals surface area contributed by atoms with Gasteiger partial charge in [0.25, 0.3) is 0 Å². The largest absolute Gasteiger partial charge is 0.396 e. The maximum atomic E-state index is 11.3. The van der Waals surface area contributed by atoms with E-state index in [1.807, 2.05) is 0 Å². The van der Waals surface area contributed by atoms with Crippen LogP contribution in [0.15, 0.2) is 0 Å². The Hall–Kier alpha value is -1.43. The van der Waals surface area contributed by atoms with E-state index in [4.69, 9.17) is 5.11 Å². The number of hydrogen-bond acceptors (Lipinski definition) is 4. The number of unbranched alkanes of at least 4 members (excludes halogenated alkanes) is 1. The average molecular weight is 200 g/mol. The summed E-state index contributed by atoms with van der Waals surface area (Å²) < 4.78 is 0. The summed E-state index contributed by atoms with van der Waals surface area (Å²) in [5.41, 5.74) is 0. The summed E-state index contributed by atoms with van der Waals surface area (Å²) in [5, 5.41) is 8.51. The molecule has 6 nitrogen and oxygen atoms in total. The standard InChI is InChI=1S/C8H12N2O4/c1-9-6(12)7(13)10(8(9)14)4-2-3-5-11/h11H,2-5H2,1H3. The molecule has 4 amide bonds. The second-order valence-electron chi connectivity index (χ2n) is 3.03. The molecule has 0 aromatic rings. The molecule has 0 saturated carbocycles. The van der Waals surface area contributed by atoms with Crippen molar-refractivity contribution < 1.29 is 19.5 Å². The van der Waals surface area contributed by atoms with Crippen LogP contribution in [0.2, 0.25) is 0 Å². The van der Waals surface area contributed by atoms with Crippen molar-refractivity contribution in [2.24, 2.45) is 0 Å². The van der Waals surface area contributed by atoms with E-state index in [1.54, 1.807) is 0 Å². The first-order chi connectivity index (χ1) is 6.59. The number of hydrogen-bond donors (Lipinski definition) is 1. The van der Waals surface area contributed by atoms with Crippen molar-refractivity contribution in [2.75, 3.05) is 20.2 Å². The van der Waals surface area contributed by atoms with Crippen molar-refractivity contribution in [3.05, 3.63) is 0 Å². The molecular weight excluding hydrogens is 188 g/mol. The van der Waals surface area contributed by atoms with Gasteiger partial charge in [-0.2, -0.15) is 0 Å². The number of amides is 4. The fraction of sp³-hybridized carbons (Fsp3) is 0.625. The number of imide groups is 2. The van der Waals surface area contributed by atoms with E-state index in [0.29, 0.717) is 12.8 Å². The molecule has 14 heavy (non-hydrogen) atoms. The Labute approximate surface area is 81.1 Å². The molecule has 0 radical (unpaired) electrons. The molecule has 0 unspecified atom stereocenters. The van der Waals surface area contributed by atoms with Crippen LogP contribution in [0.5, 0.6) is 0 Å². The number of carbonyl (C=O) groups is 3. The lowest BCUT2D eigenvalue weighted by Crippen LogP contribution is -2.32. The van der Waals surface area contributed by atoms with Crippen LogP contribution in [0.3, 0.4) is 0 Å². The van der Waals surface area contributed by atoms with E-state index in [1.165, 1.54) is 7.05 Å². The number of nitrogens with zero attached hydrogens (tertiary/aromatic N) is 2. The minimum absolute atomic E-state index is 0.0139. The first-order valence-corrected chi connectivity index (χ1v) is 4.34. The lowest BCUT2D eigenvalue weighted by atomic mass is 10.3. The number of rotatable bonds is 4. The van der Waals surface area contributed by atoms with Crippen LogP contribution in [-0.2, 0) is 9.59 Å². The van der Waals surface area contributed by atoms with Crippen LogP contribution in [0.4, 0.5) is 4.79 Å². The predicted molar refractivity (Wildman–Crippen MR) is 46.2 cm³/mol. The molecule has 1 aliphatic heterocycles. The smallest absolute Gasteiger partial charge is 0.333 e. The van der Waals surface area contributed by atoms with Gasteiger partial charge in [-0.1, -0.05) is 0 Å². The molecule has 0 atom stereocenters. The van der Waals surface area contributed by atoms with Crippen LogP contribution in [0, 0.1) is 0 Å². The van der Waals surface area contributed by atoms with Crippen molar-refractivity contribution in [1.82, 2.24) is 9.80 Å². The van der Waals surface area contributed by atoms with Crippen LogP contribution in [-0.4, -0.2) is 53.0 Å². The highest BCUT2D eigenvalue weighted by molar-refractivity contribution is 6.44. The monoisotopic (exact) mass is 200 g/mol. The molecule has 1 N–H and O–H groups in total. The van der Waals surface area contributed by atoms with E-state index in [-0.39, 0.29) is 13.2 Å². The van der Waals surface area contributed by atoms with Gasteiger partial charge in [0.2, 0.25) is 0 Å². The van der Waals surface area contributed by atoms with Gasteiger partial charge in [0.05, 0.1) is 0 Å². The van der Waals surface area contributed by atoms with Crippen molar-refractivity contribution in [1.29, 1.82) is 0 Å². The fourth-order valence-corrected chi connectivity index (χ4v) is 1.19. The van der Waals surface area contributed by atoms with Crippen LogP contribution < -0.4 is 0 Å². The van der Waals surface area contributed by atoms with Gasteiger partial charge in [-0.05, 0) is 12.8 Å². The normalized spacial score (nSPS) is 17.1. The molecule has 1 rings (SSSR count). The summed E-state index contributed by atoms with van der Waals surface area (Å²) in [6.07, 6.45) is 1.02. The second-order valence-corrected chi connectivity index (χ2v) is 3.03. The predicted octanol–water partition coefficient (Wildman–Crippen LogP) is -0.821. The van der Waals surface area contributed by atoms with E-state index in [0.717, 1.165) is 9.80 Å². The number of likely N-dealkylation sites (N-methyl/N-ethyl adjacent to an activating group) is 1. The summed E-state index contributed by atoms with van der Waals surface area (Å²) in [4.78, 5) is 35.2. The Bertz CT molecular complexity index is 277. The lowest BCUT2D eigenvalue weighted by Gasteiger charge is -2.11. The van der Waals surface area contributed by atoms with Crippen molar-refractivity contribution in [2.45, 2.75) is 12.8 Å². The first-order valence-electron chi connectivity index (χ1n) is 4.34. The maximum absolute atomic E-state index is 11.3. The van der Waals surface area contributed by atoms with Gasteiger partial charge < -0.3 is 5.11 Å². The quantitative estimate of drug-likeness (QED) is 0.365. The highest BCUT2D eigenvalue weighted by Gasteiger charge is 2.41. The highest BCUT2D eigenvalue weighted by Crippen LogP contribution is 2.10. The molecular formula is C8H12N2O4. The number of urea groups is 1. The fourth-order valence-electron chi connectivity index (χ4n) is 1.19. The zero-order valence-corrected chi connectivity index (χ0v) is 7.89. The van der Waals surface area contributed by atoms with E-state index in [9.17, 15) is 14.4 Å². The van der Waals surface area contributed by atoms with E-state index < -0.39 is 17.8 Å². The van der Waals surface area contributed by atoms with Gasteiger partial charge in [0.1, 0.15) is 0 Å². The van der Waals surface area contributed by atoms with E-state index in [2.05, 4.69) is 0 Å². The Kier molecular flexibility index (Phi) is 3.19. The SMILES string of the molecule is CN1C(=O)C(=O)N(CCCCO)C1=O.